The Labute approximate surface area is 184 Å². The molecular weight excluding hydrogens is 424 g/mol. The standard InChI is InChI=1S/C22H29ClN2O4S/c1-15(2)13-20(17-9-7-6-8-10-17)24-22(26)16(3)25(30(5,27)28)18-11-12-21(29-4)19(23)14-18/h6-12,14-16,20H,13H2,1-5H3,(H,24,26)/t16-,20-/m0/s1. The van der Waals surface area contributed by atoms with Crippen LogP contribution in [0, 0.1) is 5.92 Å². The van der Waals surface area contributed by atoms with Crippen LogP contribution in [0.2, 0.25) is 5.02 Å². The molecule has 1 N–H and O–H groups in total. The molecule has 8 heteroatoms. The van der Waals surface area contributed by atoms with Crippen LogP contribution in [-0.2, 0) is 14.8 Å². The maximum atomic E-state index is 13.1. The molecule has 0 aliphatic carbocycles. The molecule has 0 aromatic heterocycles. The molecule has 0 radical (unpaired) electrons. The van der Waals surface area contributed by atoms with Gasteiger partial charge in [-0.15, -0.1) is 0 Å². The zero-order valence-electron chi connectivity index (χ0n) is 17.9. The summed E-state index contributed by atoms with van der Waals surface area (Å²) in [5, 5.41) is 3.28. The van der Waals surface area contributed by atoms with Crippen molar-refractivity contribution in [2.75, 3.05) is 17.7 Å². The highest BCUT2D eigenvalue weighted by atomic mass is 35.5. The van der Waals surface area contributed by atoms with Gasteiger partial charge in [0.05, 0.1) is 30.1 Å². The molecule has 0 saturated heterocycles. The first-order valence-electron chi connectivity index (χ1n) is 9.72. The molecule has 0 fully saturated rings. The van der Waals surface area contributed by atoms with E-state index >= 15 is 0 Å². The second-order valence-electron chi connectivity index (χ2n) is 7.66. The van der Waals surface area contributed by atoms with E-state index in [0.29, 0.717) is 17.4 Å². The summed E-state index contributed by atoms with van der Waals surface area (Å²) in [6, 6.07) is 13.1. The molecule has 0 aliphatic rings. The van der Waals surface area contributed by atoms with Gasteiger partial charge in [0.15, 0.2) is 0 Å². The Kier molecular flexibility index (Phi) is 8.15. The van der Waals surface area contributed by atoms with Crippen molar-refractivity contribution in [2.24, 2.45) is 5.92 Å². The summed E-state index contributed by atoms with van der Waals surface area (Å²) in [4.78, 5) is 13.1. The van der Waals surface area contributed by atoms with Crippen LogP contribution < -0.4 is 14.4 Å². The Morgan fingerprint density at radius 2 is 1.77 bits per heavy atom. The van der Waals surface area contributed by atoms with E-state index in [-0.39, 0.29) is 17.0 Å². The maximum Gasteiger partial charge on any atom is 0.244 e. The Balaban J connectivity index is 2.34. The maximum absolute atomic E-state index is 13.1. The highest BCUT2D eigenvalue weighted by Crippen LogP contribution is 2.31. The molecule has 1 amide bonds. The van der Waals surface area contributed by atoms with E-state index in [0.717, 1.165) is 22.5 Å². The number of ether oxygens (including phenoxy) is 1. The summed E-state index contributed by atoms with van der Waals surface area (Å²) in [6.07, 6.45) is 1.80. The van der Waals surface area contributed by atoms with Gasteiger partial charge in [-0.1, -0.05) is 55.8 Å². The molecule has 0 heterocycles. The Morgan fingerprint density at radius 3 is 2.27 bits per heavy atom. The summed E-state index contributed by atoms with van der Waals surface area (Å²) in [6.45, 7) is 5.72. The van der Waals surface area contributed by atoms with Crippen LogP contribution in [0.1, 0.15) is 38.8 Å². The van der Waals surface area contributed by atoms with E-state index in [1.54, 1.807) is 19.1 Å². The van der Waals surface area contributed by atoms with Gasteiger partial charge >= 0.3 is 0 Å². The number of anilines is 1. The molecule has 164 valence electrons. The number of hydrogen-bond acceptors (Lipinski definition) is 4. The number of rotatable bonds is 9. The average molecular weight is 453 g/mol. The third-order valence-corrected chi connectivity index (χ3v) is 6.24. The van der Waals surface area contributed by atoms with Crippen LogP contribution in [-0.4, -0.2) is 33.7 Å². The SMILES string of the molecule is COc1ccc(N([C@@H](C)C(=O)N[C@@H](CC(C)C)c2ccccc2)S(C)(=O)=O)cc1Cl. The number of hydrogen-bond donors (Lipinski definition) is 1. The van der Waals surface area contributed by atoms with Crippen molar-refractivity contribution in [3.8, 4) is 5.75 Å². The van der Waals surface area contributed by atoms with E-state index in [1.165, 1.54) is 13.2 Å². The third-order valence-electron chi connectivity index (χ3n) is 4.70. The summed E-state index contributed by atoms with van der Waals surface area (Å²) in [7, 11) is -2.27. The molecule has 0 bridgehead atoms. The van der Waals surface area contributed by atoms with E-state index in [2.05, 4.69) is 19.2 Å². The predicted octanol–water partition coefficient (Wildman–Crippen LogP) is 4.41. The quantitative estimate of drug-likeness (QED) is 0.611. The normalized spacial score (nSPS) is 13.6. The molecule has 2 atom stereocenters. The number of sulfonamides is 1. The first-order chi connectivity index (χ1) is 14.0. The lowest BCUT2D eigenvalue weighted by atomic mass is 9.96. The summed E-state index contributed by atoms with van der Waals surface area (Å²) in [5.41, 5.74) is 1.27. The van der Waals surface area contributed by atoms with Gasteiger partial charge in [-0.3, -0.25) is 9.10 Å². The first-order valence-corrected chi connectivity index (χ1v) is 12.0. The fraction of sp³-hybridized carbons (Fsp3) is 0.409. The molecule has 2 aromatic carbocycles. The topological polar surface area (TPSA) is 75.7 Å². The van der Waals surface area contributed by atoms with Gasteiger partial charge in [-0.25, -0.2) is 8.42 Å². The lowest BCUT2D eigenvalue weighted by Crippen LogP contribution is -2.48. The summed E-state index contributed by atoms with van der Waals surface area (Å²) < 4.78 is 31.3. The van der Waals surface area contributed by atoms with E-state index in [9.17, 15) is 13.2 Å². The zero-order valence-corrected chi connectivity index (χ0v) is 19.5. The number of nitrogens with one attached hydrogen (secondary N) is 1. The van der Waals surface area contributed by atoms with Gasteiger partial charge in [0.1, 0.15) is 11.8 Å². The van der Waals surface area contributed by atoms with E-state index in [4.69, 9.17) is 16.3 Å². The number of carbonyl (C=O) groups excluding carboxylic acids is 1. The molecule has 2 aromatic rings. The van der Waals surface area contributed by atoms with Gasteiger partial charge in [-0.05, 0) is 43.0 Å². The smallest absolute Gasteiger partial charge is 0.244 e. The van der Waals surface area contributed by atoms with Crippen LogP contribution in [0.25, 0.3) is 0 Å². The van der Waals surface area contributed by atoms with Crippen LogP contribution in [0.3, 0.4) is 0 Å². The molecule has 30 heavy (non-hydrogen) atoms. The van der Waals surface area contributed by atoms with Gasteiger partial charge in [0.2, 0.25) is 15.9 Å². The molecule has 2 rings (SSSR count). The van der Waals surface area contributed by atoms with Crippen molar-refractivity contribution in [3.05, 3.63) is 59.1 Å². The van der Waals surface area contributed by atoms with Gasteiger partial charge in [-0.2, -0.15) is 0 Å². The molecule has 0 aliphatic heterocycles. The lowest BCUT2D eigenvalue weighted by Gasteiger charge is -2.30. The van der Waals surface area contributed by atoms with Crippen molar-refractivity contribution in [3.63, 3.8) is 0 Å². The first kappa shape index (κ1) is 24.0. The van der Waals surface area contributed by atoms with E-state index < -0.39 is 16.1 Å². The average Bonchev–Trinajstić information content (AvgIpc) is 2.67. The fourth-order valence-corrected chi connectivity index (χ4v) is 4.75. The monoisotopic (exact) mass is 452 g/mol. The molecule has 0 spiro atoms. The number of amides is 1. The highest BCUT2D eigenvalue weighted by molar-refractivity contribution is 7.92. The molecule has 0 unspecified atom stereocenters. The largest absolute Gasteiger partial charge is 0.495 e. The predicted molar refractivity (Wildman–Crippen MR) is 122 cm³/mol. The minimum atomic E-state index is -3.75. The number of carbonyl (C=O) groups is 1. The second-order valence-corrected chi connectivity index (χ2v) is 9.92. The van der Waals surface area contributed by atoms with Gasteiger partial charge in [0, 0.05) is 0 Å². The fourth-order valence-electron chi connectivity index (χ4n) is 3.33. The highest BCUT2D eigenvalue weighted by Gasteiger charge is 2.31. The van der Waals surface area contributed by atoms with Crippen molar-refractivity contribution in [1.82, 2.24) is 5.32 Å². The second kappa shape index (κ2) is 10.2. The Morgan fingerprint density at radius 1 is 1.13 bits per heavy atom. The Hall–Kier alpha value is -2.25. The minimum Gasteiger partial charge on any atom is -0.495 e. The van der Waals surface area contributed by atoms with Gasteiger partial charge in [0.25, 0.3) is 0 Å². The molecule has 0 saturated carbocycles. The minimum absolute atomic E-state index is 0.220. The van der Waals surface area contributed by atoms with Crippen molar-refractivity contribution in [1.29, 1.82) is 0 Å². The van der Waals surface area contributed by atoms with Crippen molar-refractivity contribution >= 4 is 33.2 Å². The number of halogens is 1. The van der Waals surface area contributed by atoms with Crippen LogP contribution in [0.4, 0.5) is 5.69 Å². The third kappa shape index (κ3) is 6.12. The van der Waals surface area contributed by atoms with Crippen molar-refractivity contribution in [2.45, 2.75) is 39.3 Å². The van der Waals surface area contributed by atoms with Crippen molar-refractivity contribution < 1.29 is 17.9 Å². The van der Waals surface area contributed by atoms with Crippen LogP contribution >= 0.6 is 11.6 Å². The summed E-state index contributed by atoms with van der Waals surface area (Å²) in [5.74, 6) is 0.381. The molecule has 6 nitrogen and oxygen atoms in total. The number of methoxy groups -OCH3 is 1. The van der Waals surface area contributed by atoms with E-state index in [1.807, 2.05) is 30.3 Å². The molecular formula is C22H29ClN2O4S. The van der Waals surface area contributed by atoms with Crippen LogP contribution in [0.5, 0.6) is 5.75 Å². The number of benzene rings is 2. The zero-order chi connectivity index (χ0) is 22.5. The van der Waals surface area contributed by atoms with Gasteiger partial charge < -0.3 is 10.1 Å². The summed E-state index contributed by atoms with van der Waals surface area (Å²) >= 11 is 6.18. The lowest BCUT2D eigenvalue weighted by molar-refractivity contribution is -0.122. The van der Waals surface area contributed by atoms with Crippen LogP contribution in [0.15, 0.2) is 48.5 Å². The Bertz CT molecular complexity index is 964. The number of nitrogens with zero attached hydrogens (tertiary/aromatic N) is 1.